The topological polar surface area (TPSA) is 55.3 Å². The second-order valence-electron chi connectivity index (χ2n) is 2.27. The van der Waals surface area contributed by atoms with Gasteiger partial charge in [-0.25, -0.2) is 5.01 Å². The molecule has 0 unspecified atom stereocenters. The molecule has 0 aliphatic carbocycles. The fraction of sp³-hybridized carbons (Fsp3) is 1.00. The van der Waals surface area contributed by atoms with Crippen LogP contribution in [0.4, 0.5) is 0 Å². The summed E-state index contributed by atoms with van der Waals surface area (Å²) in [5, 5.41) is 1.83. The summed E-state index contributed by atoms with van der Waals surface area (Å²) in [7, 11) is 0. The van der Waals surface area contributed by atoms with Crippen molar-refractivity contribution in [2.45, 2.75) is 18.9 Å². The van der Waals surface area contributed by atoms with E-state index in [1.807, 2.05) is 5.01 Å². The maximum absolute atomic E-state index is 5.54. The molecule has 1 fully saturated rings. The summed E-state index contributed by atoms with van der Waals surface area (Å²) in [6.07, 6.45) is 2.38. The van der Waals surface area contributed by atoms with E-state index in [4.69, 9.17) is 11.6 Å². The van der Waals surface area contributed by atoms with E-state index in [2.05, 4.69) is 0 Å². The Morgan fingerprint density at radius 1 is 1.62 bits per heavy atom. The summed E-state index contributed by atoms with van der Waals surface area (Å²) in [6.45, 7) is 1.72. The van der Waals surface area contributed by atoms with Gasteiger partial charge >= 0.3 is 0 Å². The lowest BCUT2D eigenvalue weighted by Crippen LogP contribution is -2.40. The lowest BCUT2D eigenvalue weighted by Gasteiger charge is -2.15. The van der Waals surface area contributed by atoms with Crippen LogP contribution in [0, 0.1) is 0 Å². The highest BCUT2D eigenvalue weighted by molar-refractivity contribution is 4.74. The second-order valence-corrected chi connectivity index (χ2v) is 2.27. The van der Waals surface area contributed by atoms with Gasteiger partial charge in [-0.3, -0.25) is 5.84 Å². The minimum atomic E-state index is 0.454. The average molecular weight is 115 g/mol. The normalized spacial score (nSPS) is 31.5. The Labute approximate surface area is 49.6 Å². The van der Waals surface area contributed by atoms with Crippen molar-refractivity contribution < 1.29 is 0 Å². The first-order valence-corrected chi connectivity index (χ1v) is 3.06. The highest BCUT2D eigenvalue weighted by Gasteiger charge is 2.18. The van der Waals surface area contributed by atoms with Crippen LogP contribution in [0.15, 0.2) is 0 Å². The molecule has 1 saturated heterocycles. The van der Waals surface area contributed by atoms with Gasteiger partial charge in [0, 0.05) is 19.1 Å². The first kappa shape index (κ1) is 6.01. The van der Waals surface area contributed by atoms with Crippen molar-refractivity contribution in [3.05, 3.63) is 0 Å². The Kier molecular flexibility index (Phi) is 1.83. The summed E-state index contributed by atoms with van der Waals surface area (Å²) in [6, 6.07) is 0.454. The summed E-state index contributed by atoms with van der Waals surface area (Å²) in [5.41, 5.74) is 5.40. The van der Waals surface area contributed by atoms with Crippen molar-refractivity contribution >= 4 is 0 Å². The van der Waals surface area contributed by atoms with Crippen molar-refractivity contribution in [2.24, 2.45) is 11.6 Å². The van der Waals surface area contributed by atoms with E-state index in [1.165, 1.54) is 12.8 Å². The molecule has 1 atom stereocenters. The molecule has 3 nitrogen and oxygen atoms in total. The Morgan fingerprint density at radius 3 is 2.62 bits per heavy atom. The highest BCUT2D eigenvalue weighted by atomic mass is 15.4. The van der Waals surface area contributed by atoms with Gasteiger partial charge in [0.1, 0.15) is 0 Å². The van der Waals surface area contributed by atoms with E-state index in [0.29, 0.717) is 12.6 Å². The molecule has 0 aromatic heterocycles. The van der Waals surface area contributed by atoms with Crippen LogP contribution in [0.1, 0.15) is 12.8 Å². The molecule has 1 aliphatic rings. The fourth-order valence-electron chi connectivity index (χ4n) is 1.11. The molecule has 0 radical (unpaired) electrons. The molecular formula is C5H13N3. The summed E-state index contributed by atoms with van der Waals surface area (Å²) in [5.74, 6) is 5.54. The molecule has 4 N–H and O–H groups in total. The number of rotatable bonds is 1. The molecule has 0 spiro atoms. The lowest BCUT2D eigenvalue weighted by molar-refractivity contribution is 0.267. The predicted molar refractivity (Wildman–Crippen MR) is 33.0 cm³/mol. The molecule has 3 heteroatoms. The third kappa shape index (κ3) is 0.992. The Balaban J connectivity index is 2.30. The lowest BCUT2D eigenvalue weighted by atomic mass is 10.2. The Morgan fingerprint density at radius 2 is 2.38 bits per heavy atom. The largest absolute Gasteiger partial charge is 0.329 e. The van der Waals surface area contributed by atoms with Crippen LogP contribution in [-0.4, -0.2) is 24.1 Å². The van der Waals surface area contributed by atoms with Crippen LogP contribution in [0.5, 0.6) is 0 Å². The SMILES string of the molecule is NC[C@@H]1CCCN1N. The minimum absolute atomic E-state index is 0.454. The van der Waals surface area contributed by atoms with Crippen molar-refractivity contribution in [1.29, 1.82) is 0 Å². The van der Waals surface area contributed by atoms with Gasteiger partial charge in [0.25, 0.3) is 0 Å². The zero-order chi connectivity index (χ0) is 5.98. The predicted octanol–water partition coefficient (Wildman–Crippen LogP) is -0.717. The van der Waals surface area contributed by atoms with Gasteiger partial charge in [-0.15, -0.1) is 0 Å². The molecule has 1 aliphatic heterocycles. The standard InChI is InChI=1S/C5H13N3/c6-4-5-2-1-3-8(5)7/h5H,1-4,6-7H2/t5-/m0/s1. The quantitative estimate of drug-likeness (QED) is 0.443. The van der Waals surface area contributed by atoms with E-state index in [0.717, 1.165) is 6.54 Å². The van der Waals surface area contributed by atoms with E-state index < -0.39 is 0 Å². The van der Waals surface area contributed by atoms with Crippen LogP contribution >= 0.6 is 0 Å². The maximum atomic E-state index is 5.54. The smallest absolute Gasteiger partial charge is 0.0364 e. The minimum Gasteiger partial charge on any atom is -0.329 e. The Bertz CT molecular complexity index is 74.1. The van der Waals surface area contributed by atoms with Gasteiger partial charge in [-0.1, -0.05) is 0 Å². The first-order chi connectivity index (χ1) is 3.84. The Hall–Kier alpha value is -0.120. The van der Waals surface area contributed by atoms with Crippen LogP contribution < -0.4 is 11.6 Å². The van der Waals surface area contributed by atoms with Gasteiger partial charge < -0.3 is 5.73 Å². The van der Waals surface area contributed by atoms with Crippen molar-refractivity contribution in [3.8, 4) is 0 Å². The van der Waals surface area contributed by atoms with Crippen LogP contribution in [-0.2, 0) is 0 Å². The first-order valence-electron chi connectivity index (χ1n) is 3.06. The third-order valence-corrected chi connectivity index (χ3v) is 1.69. The van der Waals surface area contributed by atoms with Gasteiger partial charge in [-0.2, -0.15) is 0 Å². The molecule has 1 rings (SSSR count). The number of hydrazine groups is 1. The molecule has 0 amide bonds. The molecular weight excluding hydrogens is 102 g/mol. The van der Waals surface area contributed by atoms with Crippen LogP contribution in [0.3, 0.4) is 0 Å². The van der Waals surface area contributed by atoms with Crippen LogP contribution in [0.25, 0.3) is 0 Å². The molecule has 0 aromatic carbocycles. The highest BCUT2D eigenvalue weighted by Crippen LogP contribution is 2.10. The number of hydrogen-bond donors (Lipinski definition) is 2. The monoisotopic (exact) mass is 115 g/mol. The van der Waals surface area contributed by atoms with Gasteiger partial charge in [0.15, 0.2) is 0 Å². The average Bonchev–Trinajstić information content (AvgIpc) is 2.14. The zero-order valence-corrected chi connectivity index (χ0v) is 5.01. The van der Waals surface area contributed by atoms with Crippen molar-refractivity contribution in [3.63, 3.8) is 0 Å². The van der Waals surface area contributed by atoms with Crippen molar-refractivity contribution in [2.75, 3.05) is 13.1 Å². The van der Waals surface area contributed by atoms with Crippen LogP contribution in [0.2, 0.25) is 0 Å². The van der Waals surface area contributed by atoms with E-state index in [1.54, 1.807) is 0 Å². The second kappa shape index (κ2) is 2.44. The molecule has 0 bridgehead atoms. The van der Waals surface area contributed by atoms with Gasteiger partial charge in [-0.05, 0) is 12.8 Å². The summed E-state index contributed by atoms with van der Waals surface area (Å²) >= 11 is 0. The number of hydrogen-bond acceptors (Lipinski definition) is 3. The molecule has 48 valence electrons. The molecule has 0 aromatic rings. The molecule has 1 heterocycles. The fourth-order valence-corrected chi connectivity index (χ4v) is 1.11. The maximum Gasteiger partial charge on any atom is 0.0364 e. The van der Waals surface area contributed by atoms with Gasteiger partial charge in [0.05, 0.1) is 0 Å². The van der Waals surface area contributed by atoms with E-state index in [-0.39, 0.29) is 0 Å². The van der Waals surface area contributed by atoms with E-state index >= 15 is 0 Å². The van der Waals surface area contributed by atoms with Gasteiger partial charge in [0.2, 0.25) is 0 Å². The zero-order valence-electron chi connectivity index (χ0n) is 5.01. The van der Waals surface area contributed by atoms with Crippen molar-refractivity contribution in [1.82, 2.24) is 5.01 Å². The number of nitrogens with two attached hydrogens (primary N) is 2. The van der Waals surface area contributed by atoms with E-state index in [9.17, 15) is 0 Å². The third-order valence-electron chi connectivity index (χ3n) is 1.69. The summed E-state index contributed by atoms with van der Waals surface area (Å²) < 4.78 is 0. The molecule has 0 saturated carbocycles. The molecule has 8 heavy (non-hydrogen) atoms. The summed E-state index contributed by atoms with van der Waals surface area (Å²) in [4.78, 5) is 0. The number of nitrogens with zero attached hydrogens (tertiary/aromatic N) is 1.